The zero-order valence-corrected chi connectivity index (χ0v) is 18.4. The predicted octanol–water partition coefficient (Wildman–Crippen LogP) is 4.51. The summed E-state index contributed by atoms with van der Waals surface area (Å²) in [5.74, 6) is 0.497. The lowest BCUT2D eigenvalue weighted by Crippen LogP contribution is -2.20. The third kappa shape index (κ3) is 3.86. The molecule has 6 heteroatoms. The highest BCUT2D eigenvalue weighted by Crippen LogP contribution is 2.25. The lowest BCUT2D eigenvalue weighted by atomic mass is 10.1. The predicted molar refractivity (Wildman–Crippen MR) is 122 cm³/mol. The lowest BCUT2D eigenvalue weighted by Gasteiger charge is -2.16. The number of sulfone groups is 1. The van der Waals surface area contributed by atoms with Crippen LogP contribution in [-0.4, -0.2) is 20.1 Å². The first-order valence-electron chi connectivity index (χ1n) is 9.89. The van der Waals surface area contributed by atoms with Gasteiger partial charge in [-0.2, -0.15) is 0 Å². The zero-order chi connectivity index (χ0) is 22.2. The third-order valence-electron chi connectivity index (χ3n) is 5.44. The summed E-state index contributed by atoms with van der Waals surface area (Å²) in [6, 6.07) is 19.3. The van der Waals surface area contributed by atoms with Gasteiger partial charge in [0.25, 0.3) is 0 Å². The molecule has 0 amide bonds. The van der Waals surface area contributed by atoms with Crippen LogP contribution in [0.1, 0.15) is 16.7 Å². The monoisotopic (exact) mass is 433 g/mol. The number of methoxy groups -OCH3 is 1. The lowest BCUT2D eigenvalue weighted by molar-refractivity contribution is 0.415. The number of aromatic nitrogens is 1. The van der Waals surface area contributed by atoms with E-state index in [-0.39, 0.29) is 9.79 Å². The molecule has 0 aliphatic carbocycles. The summed E-state index contributed by atoms with van der Waals surface area (Å²) in [7, 11) is -2.47. The normalized spacial score (nSPS) is 11.6. The van der Waals surface area contributed by atoms with Gasteiger partial charge in [0.05, 0.1) is 22.9 Å². The maximum Gasteiger partial charge on any atom is 0.211 e. The van der Waals surface area contributed by atoms with E-state index in [1.54, 1.807) is 36.4 Å². The quantitative estimate of drug-likeness (QED) is 0.465. The van der Waals surface area contributed by atoms with Gasteiger partial charge in [0, 0.05) is 12.7 Å². The molecule has 31 heavy (non-hydrogen) atoms. The second kappa shape index (κ2) is 8.04. The minimum absolute atomic E-state index is 0.0904. The summed E-state index contributed by atoms with van der Waals surface area (Å²) in [6.07, 6.45) is 1.46. The van der Waals surface area contributed by atoms with Crippen LogP contribution in [-0.2, 0) is 16.4 Å². The summed E-state index contributed by atoms with van der Waals surface area (Å²) >= 11 is 0. The summed E-state index contributed by atoms with van der Waals surface area (Å²) in [6.45, 7) is 4.47. The summed E-state index contributed by atoms with van der Waals surface area (Å²) in [5.41, 5.74) is 3.39. The molecule has 0 saturated carbocycles. The van der Waals surface area contributed by atoms with Gasteiger partial charge in [-0.05, 0) is 55.3 Å². The van der Waals surface area contributed by atoms with Crippen molar-refractivity contribution in [2.75, 3.05) is 7.11 Å². The van der Waals surface area contributed by atoms with Crippen LogP contribution < -0.4 is 10.2 Å². The van der Waals surface area contributed by atoms with E-state index in [0.29, 0.717) is 23.2 Å². The smallest absolute Gasteiger partial charge is 0.211 e. The Kier molecular flexibility index (Phi) is 5.41. The Morgan fingerprint density at radius 3 is 2.39 bits per heavy atom. The number of ether oxygens (including phenoxy) is 1. The van der Waals surface area contributed by atoms with E-state index in [1.165, 1.54) is 25.4 Å². The van der Waals surface area contributed by atoms with E-state index in [0.717, 1.165) is 16.7 Å². The van der Waals surface area contributed by atoms with Crippen molar-refractivity contribution in [2.45, 2.75) is 30.2 Å². The largest absolute Gasteiger partial charge is 0.497 e. The molecule has 0 unspecified atom stereocenters. The molecule has 0 radical (unpaired) electrons. The molecule has 0 aliphatic rings. The first-order valence-corrected chi connectivity index (χ1v) is 11.4. The van der Waals surface area contributed by atoms with Crippen LogP contribution in [0.3, 0.4) is 0 Å². The molecule has 0 N–H and O–H groups in total. The van der Waals surface area contributed by atoms with Crippen molar-refractivity contribution in [1.82, 2.24) is 4.57 Å². The molecule has 0 spiro atoms. The minimum Gasteiger partial charge on any atom is -0.497 e. The van der Waals surface area contributed by atoms with Gasteiger partial charge < -0.3 is 9.30 Å². The Hall–Kier alpha value is -3.38. The van der Waals surface area contributed by atoms with Crippen LogP contribution in [0.5, 0.6) is 5.75 Å². The molecule has 0 bridgehead atoms. The average Bonchev–Trinajstić information content (AvgIpc) is 2.78. The number of hydrogen-bond acceptors (Lipinski definition) is 4. The maximum absolute atomic E-state index is 13.3. The van der Waals surface area contributed by atoms with Crippen LogP contribution in [0, 0.1) is 13.8 Å². The Morgan fingerprint density at radius 1 is 0.935 bits per heavy atom. The molecule has 0 fully saturated rings. The minimum atomic E-state index is -3.99. The second-order valence-corrected chi connectivity index (χ2v) is 9.50. The molecule has 0 saturated heterocycles. The molecule has 4 rings (SSSR count). The highest BCUT2D eigenvalue weighted by molar-refractivity contribution is 7.91. The van der Waals surface area contributed by atoms with E-state index in [4.69, 9.17) is 4.74 Å². The fourth-order valence-electron chi connectivity index (χ4n) is 3.68. The number of hydrogen-bond donors (Lipinski definition) is 0. The molecule has 3 aromatic carbocycles. The van der Waals surface area contributed by atoms with Crippen LogP contribution in [0.15, 0.2) is 87.5 Å². The van der Waals surface area contributed by atoms with Crippen molar-refractivity contribution >= 4 is 20.7 Å². The SMILES string of the molecule is COc1ccc2c(c1)c(=O)c(S(=O)(=O)c1ccccc1)cn2Cc1cc(C)ccc1C. The Balaban J connectivity index is 2.01. The fourth-order valence-corrected chi connectivity index (χ4v) is 5.07. The van der Waals surface area contributed by atoms with Crippen molar-refractivity contribution in [1.29, 1.82) is 0 Å². The van der Waals surface area contributed by atoms with Gasteiger partial charge in [0.15, 0.2) is 0 Å². The standard InChI is InChI=1S/C25H23NO4S/c1-17-9-10-18(2)19(13-17)15-26-16-24(31(28,29)21-7-5-4-6-8-21)25(27)22-14-20(30-3)11-12-23(22)26/h4-14,16H,15H2,1-3H3. The summed E-state index contributed by atoms with van der Waals surface area (Å²) < 4.78 is 33.8. The number of benzene rings is 3. The van der Waals surface area contributed by atoms with Crippen molar-refractivity contribution in [2.24, 2.45) is 0 Å². The first-order chi connectivity index (χ1) is 14.8. The Bertz CT molecular complexity index is 1440. The maximum atomic E-state index is 13.3. The van der Waals surface area contributed by atoms with Crippen LogP contribution in [0.25, 0.3) is 10.9 Å². The van der Waals surface area contributed by atoms with Gasteiger partial charge in [0.1, 0.15) is 10.6 Å². The number of aryl methyl sites for hydroxylation is 2. The number of pyridine rings is 1. The van der Waals surface area contributed by atoms with E-state index in [2.05, 4.69) is 6.07 Å². The second-order valence-electron chi connectivity index (χ2n) is 7.58. The highest BCUT2D eigenvalue weighted by Gasteiger charge is 2.24. The summed E-state index contributed by atoms with van der Waals surface area (Å²) in [4.78, 5) is 13.1. The van der Waals surface area contributed by atoms with E-state index >= 15 is 0 Å². The van der Waals surface area contributed by atoms with Crippen LogP contribution in [0.4, 0.5) is 0 Å². The molecule has 5 nitrogen and oxygen atoms in total. The molecule has 0 atom stereocenters. The molecular weight excluding hydrogens is 410 g/mol. The molecule has 0 aliphatic heterocycles. The average molecular weight is 434 g/mol. The van der Waals surface area contributed by atoms with E-state index in [9.17, 15) is 13.2 Å². The molecule has 4 aromatic rings. The van der Waals surface area contributed by atoms with Gasteiger partial charge in [-0.1, -0.05) is 42.0 Å². The number of nitrogens with zero attached hydrogens (tertiary/aromatic N) is 1. The van der Waals surface area contributed by atoms with E-state index < -0.39 is 15.3 Å². The van der Waals surface area contributed by atoms with Crippen molar-refractivity contribution in [3.05, 3.63) is 99.8 Å². The Morgan fingerprint density at radius 2 is 1.68 bits per heavy atom. The zero-order valence-electron chi connectivity index (χ0n) is 17.6. The third-order valence-corrected chi connectivity index (χ3v) is 7.21. The van der Waals surface area contributed by atoms with Gasteiger partial charge in [-0.3, -0.25) is 4.79 Å². The number of rotatable bonds is 5. The first kappa shape index (κ1) is 20.9. The highest BCUT2D eigenvalue weighted by atomic mass is 32.2. The molecule has 1 heterocycles. The fraction of sp³-hybridized carbons (Fsp3) is 0.160. The summed E-state index contributed by atoms with van der Waals surface area (Å²) in [5, 5.41) is 0.307. The van der Waals surface area contributed by atoms with Gasteiger partial charge in [-0.15, -0.1) is 0 Å². The van der Waals surface area contributed by atoms with E-state index in [1.807, 2.05) is 30.5 Å². The van der Waals surface area contributed by atoms with Gasteiger partial charge in [-0.25, -0.2) is 8.42 Å². The van der Waals surface area contributed by atoms with Crippen LogP contribution >= 0.6 is 0 Å². The van der Waals surface area contributed by atoms with Crippen LogP contribution in [0.2, 0.25) is 0 Å². The molecular formula is C25H23NO4S. The topological polar surface area (TPSA) is 65.4 Å². The van der Waals surface area contributed by atoms with Crippen molar-refractivity contribution < 1.29 is 13.2 Å². The Labute approximate surface area is 181 Å². The van der Waals surface area contributed by atoms with Gasteiger partial charge in [0.2, 0.25) is 15.3 Å². The molecule has 158 valence electrons. The van der Waals surface area contributed by atoms with Crippen molar-refractivity contribution in [3.63, 3.8) is 0 Å². The van der Waals surface area contributed by atoms with Crippen molar-refractivity contribution in [3.8, 4) is 5.75 Å². The van der Waals surface area contributed by atoms with Gasteiger partial charge >= 0.3 is 0 Å². The number of fused-ring (bicyclic) bond motifs is 1. The molecule has 1 aromatic heterocycles.